The summed E-state index contributed by atoms with van der Waals surface area (Å²) in [6, 6.07) is 11.4. The van der Waals surface area contributed by atoms with Crippen LogP contribution in [0.3, 0.4) is 0 Å². The highest BCUT2D eigenvalue weighted by Gasteiger charge is 2.17. The smallest absolute Gasteiger partial charge is 0.0233 e. The second-order valence-electron chi connectivity index (χ2n) is 4.81. The highest BCUT2D eigenvalue weighted by Crippen LogP contribution is 2.13. The summed E-state index contributed by atoms with van der Waals surface area (Å²) >= 11 is 5.50. The van der Waals surface area contributed by atoms with Gasteiger partial charge in [0.1, 0.15) is 0 Å². The Morgan fingerprint density at radius 1 is 1.22 bits per heavy atom. The van der Waals surface area contributed by atoms with Gasteiger partial charge in [-0.3, -0.25) is 4.90 Å². The summed E-state index contributed by atoms with van der Waals surface area (Å²) in [5, 5.41) is 3.51. The molecule has 0 aromatic heterocycles. The van der Waals surface area contributed by atoms with Gasteiger partial charge in [0.05, 0.1) is 0 Å². The van der Waals surface area contributed by atoms with Crippen LogP contribution in [-0.4, -0.2) is 30.6 Å². The topological polar surface area (TPSA) is 15.3 Å². The molecule has 0 saturated carbocycles. The number of benzene rings is 1. The molecule has 0 unspecified atom stereocenters. The quantitative estimate of drug-likeness (QED) is 0.880. The van der Waals surface area contributed by atoms with Crippen molar-refractivity contribution in [2.45, 2.75) is 25.4 Å². The van der Waals surface area contributed by atoms with Crippen LogP contribution in [0.5, 0.6) is 0 Å². The summed E-state index contributed by atoms with van der Waals surface area (Å²) in [6.45, 7) is 4.32. The Kier molecular flexibility index (Phi) is 5.72. The van der Waals surface area contributed by atoms with Gasteiger partial charge in [-0.2, -0.15) is 0 Å². The summed E-state index contributed by atoms with van der Waals surface area (Å²) in [5.74, 6) is 0. The van der Waals surface area contributed by atoms with Gasteiger partial charge in [0, 0.05) is 24.7 Å². The molecule has 1 heterocycles. The minimum Gasteiger partial charge on any atom is -0.310 e. The van der Waals surface area contributed by atoms with Gasteiger partial charge in [0.15, 0.2) is 0 Å². The Hall–Kier alpha value is -0.830. The predicted molar refractivity (Wildman–Crippen MR) is 77.7 cm³/mol. The first-order valence-corrected chi connectivity index (χ1v) is 7.07. The van der Waals surface area contributed by atoms with E-state index in [2.05, 4.69) is 40.5 Å². The van der Waals surface area contributed by atoms with Gasteiger partial charge in [-0.25, -0.2) is 0 Å². The highest BCUT2D eigenvalue weighted by atomic mass is 35.5. The van der Waals surface area contributed by atoms with E-state index in [-0.39, 0.29) is 0 Å². The van der Waals surface area contributed by atoms with Gasteiger partial charge in [0.25, 0.3) is 0 Å². The lowest BCUT2D eigenvalue weighted by Crippen LogP contribution is -2.42. The molecule has 1 fully saturated rings. The van der Waals surface area contributed by atoms with Crippen molar-refractivity contribution in [1.29, 1.82) is 0 Å². The molecule has 0 aliphatic carbocycles. The minimum atomic E-state index is 0.643. The van der Waals surface area contributed by atoms with E-state index in [0.29, 0.717) is 6.04 Å². The number of nitrogens with zero attached hydrogens (tertiary/aromatic N) is 1. The van der Waals surface area contributed by atoms with E-state index in [1.807, 2.05) is 6.08 Å². The van der Waals surface area contributed by atoms with Crippen LogP contribution in [0.15, 0.2) is 41.9 Å². The zero-order valence-electron chi connectivity index (χ0n) is 10.7. The van der Waals surface area contributed by atoms with E-state index < -0.39 is 0 Å². The molecule has 3 heteroatoms. The van der Waals surface area contributed by atoms with Crippen molar-refractivity contribution in [2.24, 2.45) is 0 Å². The molecule has 0 spiro atoms. The fourth-order valence-corrected chi connectivity index (χ4v) is 2.51. The molecule has 1 aromatic rings. The molecule has 1 aliphatic rings. The van der Waals surface area contributed by atoms with Crippen molar-refractivity contribution >= 4 is 11.6 Å². The van der Waals surface area contributed by atoms with Crippen LogP contribution >= 0.6 is 11.6 Å². The molecule has 0 bridgehead atoms. The molecule has 18 heavy (non-hydrogen) atoms. The lowest BCUT2D eigenvalue weighted by molar-refractivity contribution is 0.192. The second kappa shape index (κ2) is 7.57. The summed E-state index contributed by atoms with van der Waals surface area (Å²) in [4.78, 5) is 2.53. The fraction of sp³-hybridized carbons (Fsp3) is 0.467. The summed E-state index contributed by atoms with van der Waals surface area (Å²) in [7, 11) is 0. The lowest BCUT2D eigenvalue weighted by Gasteiger charge is -2.32. The molecule has 2 rings (SSSR count). The van der Waals surface area contributed by atoms with Crippen molar-refractivity contribution < 1.29 is 0 Å². The van der Waals surface area contributed by atoms with Crippen molar-refractivity contribution in [3.05, 3.63) is 47.5 Å². The molecule has 1 saturated heterocycles. The summed E-state index contributed by atoms with van der Waals surface area (Å²) in [5.41, 5.74) is 2.99. The van der Waals surface area contributed by atoms with Gasteiger partial charge in [-0.05, 0) is 31.5 Å². The number of likely N-dealkylation sites (tertiary alicyclic amines) is 1. The zero-order valence-corrected chi connectivity index (χ0v) is 11.4. The Morgan fingerprint density at radius 3 is 2.61 bits per heavy atom. The Balaban J connectivity index is 1.70. The van der Waals surface area contributed by atoms with Crippen LogP contribution < -0.4 is 5.32 Å². The molecule has 2 nitrogen and oxygen atoms in total. The van der Waals surface area contributed by atoms with E-state index in [1.165, 1.54) is 31.5 Å². The maximum atomic E-state index is 5.50. The monoisotopic (exact) mass is 264 g/mol. The van der Waals surface area contributed by atoms with Gasteiger partial charge in [0.2, 0.25) is 0 Å². The molecule has 0 amide bonds. The molecule has 0 radical (unpaired) electrons. The van der Waals surface area contributed by atoms with Crippen LogP contribution in [-0.2, 0) is 6.54 Å². The van der Waals surface area contributed by atoms with Crippen molar-refractivity contribution in [2.75, 3.05) is 19.6 Å². The van der Waals surface area contributed by atoms with Crippen LogP contribution in [0.2, 0.25) is 0 Å². The van der Waals surface area contributed by atoms with E-state index in [4.69, 9.17) is 11.6 Å². The molecular weight excluding hydrogens is 244 g/mol. The lowest BCUT2D eigenvalue weighted by atomic mass is 10.0. The molecule has 1 aromatic carbocycles. The standard InChI is InChI=1S/C15H21ClN2/c16-9-4-10-17-15-7-11-18(12-8-15)13-14-5-2-1-3-6-14/h1-6,9,15,17H,7-8,10-13H2/b9-4+. The third-order valence-electron chi connectivity index (χ3n) is 3.45. The van der Waals surface area contributed by atoms with Gasteiger partial charge >= 0.3 is 0 Å². The Morgan fingerprint density at radius 2 is 1.94 bits per heavy atom. The maximum Gasteiger partial charge on any atom is 0.0233 e. The van der Waals surface area contributed by atoms with Crippen LogP contribution in [0, 0.1) is 0 Å². The van der Waals surface area contributed by atoms with Crippen LogP contribution in [0.25, 0.3) is 0 Å². The number of rotatable bonds is 5. The Bertz CT molecular complexity index is 356. The first-order chi connectivity index (χ1) is 8.88. The normalized spacial score (nSPS) is 18.5. The van der Waals surface area contributed by atoms with Gasteiger partial charge in [-0.1, -0.05) is 48.0 Å². The van der Waals surface area contributed by atoms with Crippen LogP contribution in [0.4, 0.5) is 0 Å². The average Bonchev–Trinajstić information content (AvgIpc) is 2.42. The van der Waals surface area contributed by atoms with Gasteiger partial charge in [-0.15, -0.1) is 0 Å². The molecule has 0 atom stereocenters. The van der Waals surface area contributed by atoms with Crippen LogP contribution in [0.1, 0.15) is 18.4 Å². The summed E-state index contributed by atoms with van der Waals surface area (Å²) in [6.07, 6.45) is 4.41. The largest absolute Gasteiger partial charge is 0.310 e. The number of hydrogen-bond donors (Lipinski definition) is 1. The number of piperidine rings is 1. The molecule has 98 valence electrons. The molecular formula is C15H21ClN2. The predicted octanol–water partition coefficient (Wildman–Crippen LogP) is 2.99. The van der Waals surface area contributed by atoms with E-state index >= 15 is 0 Å². The SMILES string of the molecule is Cl/C=C/CNC1CCN(Cc2ccccc2)CC1. The number of nitrogens with one attached hydrogen (secondary N) is 1. The van der Waals surface area contributed by atoms with E-state index in [9.17, 15) is 0 Å². The summed E-state index contributed by atoms with van der Waals surface area (Å²) < 4.78 is 0. The molecule has 1 aliphatic heterocycles. The maximum absolute atomic E-state index is 5.50. The average molecular weight is 265 g/mol. The second-order valence-corrected chi connectivity index (χ2v) is 5.06. The first kappa shape index (κ1) is 13.6. The van der Waals surface area contributed by atoms with E-state index in [0.717, 1.165) is 13.1 Å². The zero-order chi connectivity index (χ0) is 12.6. The fourth-order valence-electron chi connectivity index (χ4n) is 2.42. The molecule has 1 N–H and O–H groups in total. The van der Waals surface area contributed by atoms with Crippen molar-refractivity contribution in [3.63, 3.8) is 0 Å². The van der Waals surface area contributed by atoms with Crippen molar-refractivity contribution in [1.82, 2.24) is 10.2 Å². The highest BCUT2D eigenvalue weighted by molar-refractivity contribution is 6.25. The van der Waals surface area contributed by atoms with Gasteiger partial charge < -0.3 is 5.32 Å². The van der Waals surface area contributed by atoms with Crippen molar-refractivity contribution in [3.8, 4) is 0 Å². The third-order valence-corrected chi connectivity index (χ3v) is 3.63. The van der Waals surface area contributed by atoms with E-state index in [1.54, 1.807) is 5.54 Å². The first-order valence-electron chi connectivity index (χ1n) is 6.63. The third kappa shape index (κ3) is 4.45. The number of hydrogen-bond acceptors (Lipinski definition) is 2. The Labute approximate surface area is 115 Å². The number of halogens is 1. The minimum absolute atomic E-state index is 0.643.